The van der Waals surface area contributed by atoms with Gasteiger partial charge < -0.3 is 4.90 Å². The minimum absolute atomic E-state index is 0.618. The first-order chi connectivity index (χ1) is 8.99. The van der Waals surface area contributed by atoms with Gasteiger partial charge in [0.1, 0.15) is 0 Å². The standard InChI is InChI=1S/C18H31N/c1-13(2)7-6-8-17-11-18(17)12-19(14(3)4)15(5)16-9-10-16/h7,14,16-18H,5-6,8-12H2,1-4H3. The zero-order valence-electron chi connectivity index (χ0n) is 13.3. The van der Waals surface area contributed by atoms with E-state index in [0.717, 1.165) is 17.8 Å². The molecular weight excluding hydrogens is 230 g/mol. The average Bonchev–Trinajstić information content (AvgIpc) is 3.20. The third-order valence-corrected chi connectivity index (χ3v) is 4.63. The van der Waals surface area contributed by atoms with Crippen molar-refractivity contribution < 1.29 is 0 Å². The number of hydrogen-bond acceptors (Lipinski definition) is 1. The van der Waals surface area contributed by atoms with Crippen molar-refractivity contribution in [1.29, 1.82) is 0 Å². The maximum Gasteiger partial charge on any atom is 0.0230 e. The highest BCUT2D eigenvalue weighted by Crippen LogP contribution is 2.45. The van der Waals surface area contributed by atoms with Crippen molar-refractivity contribution in [2.24, 2.45) is 17.8 Å². The highest BCUT2D eigenvalue weighted by Gasteiger charge is 2.39. The minimum atomic E-state index is 0.618. The van der Waals surface area contributed by atoms with Crippen molar-refractivity contribution in [2.45, 2.75) is 65.8 Å². The summed E-state index contributed by atoms with van der Waals surface area (Å²) in [5, 5.41) is 0. The van der Waals surface area contributed by atoms with Crippen molar-refractivity contribution in [3.8, 4) is 0 Å². The smallest absolute Gasteiger partial charge is 0.0230 e. The van der Waals surface area contributed by atoms with Gasteiger partial charge in [-0.15, -0.1) is 0 Å². The predicted molar refractivity (Wildman–Crippen MR) is 84.0 cm³/mol. The zero-order chi connectivity index (χ0) is 14.0. The van der Waals surface area contributed by atoms with E-state index < -0.39 is 0 Å². The Morgan fingerprint density at radius 2 is 1.95 bits per heavy atom. The van der Waals surface area contributed by atoms with E-state index in [0.29, 0.717) is 6.04 Å². The topological polar surface area (TPSA) is 3.24 Å². The van der Waals surface area contributed by atoms with Crippen LogP contribution in [0.5, 0.6) is 0 Å². The fourth-order valence-corrected chi connectivity index (χ4v) is 3.04. The van der Waals surface area contributed by atoms with Gasteiger partial charge in [-0.2, -0.15) is 0 Å². The molecule has 0 N–H and O–H groups in total. The normalized spacial score (nSPS) is 25.3. The first kappa shape index (κ1) is 14.7. The van der Waals surface area contributed by atoms with Crippen LogP contribution in [0, 0.1) is 17.8 Å². The minimum Gasteiger partial charge on any atom is -0.372 e. The molecular formula is C18H31N. The van der Waals surface area contributed by atoms with Crippen molar-refractivity contribution in [3.05, 3.63) is 23.9 Å². The molecule has 0 bridgehead atoms. The number of rotatable bonds is 8. The van der Waals surface area contributed by atoms with Gasteiger partial charge in [-0.05, 0) is 77.6 Å². The van der Waals surface area contributed by atoms with Crippen molar-refractivity contribution >= 4 is 0 Å². The van der Waals surface area contributed by atoms with Gasteiger partial charge in [-0.25, -0.2) is 0 Å². The number of allylic oxidation sites excluding steroid dienone is 3. The van der Waals surface area contributed by atoms with Gasteiger partial charge in [0.2, 0.25) is 0 Å². The summed E-state index contributed by atoms with van der Waals surface area (Å²) >= 11 is 0. The van der Waals surface area contributed by atoms with Gasteiger partial charge in [-0.3, -0.25) is 0 Å². The Balaban J connectivity index is 1.74. The summed E-state index contributed by atoms with van der Waals surface area (Å²) in [4.78, 5) is 2.59. The molecule has 0 aromatic heterocycles. The van der Waals surface area contributed by atoms with Crippen molar-refractivity contribution in [2.75, 3.05) is 6.54 Å². The Bertz CT molecular complexity index is 345. The molecule has 2 atom stereocenters. The summed E-state index contributed by atoms with van der Waals surface area (Å²) in [5.41, 5.74) is 2.88. The van der Waals surface area contributed by atoms with Crippen LogP contribution >= 0.6 is 0 Å². The molecule has 1 heteroatoms. The maximum absolute atomic E-state index is 4.35. The van der Waals surface area contributed by atoms with Gasteiger partial charge in [0.15, 0.2) is 0 Å². The van der Waals surface area contributed by atoms with E-state index in [1.54, 1.807) is 0 Å². The van der Waals surface area contributed by atoms with Gasteiger partial charge in [0.05, 0.1) is 0 Å². The van der Waals surface area contributed by atoms with E-state index in [9.17, 15) is 0 Å². The van der Waals surface area contributed by atoms with E-state index in [1.165, 1.54) is 49.9 Å². The first-order valence-corrected chi connectivity index (χ1v) is 8.07. The molecule has 108 valence electrons. The van der Waals surface area contributed by atoms with Crippen LogP contribution in [0.2, 0.25) is 0 Å². The molecule has 2 aliphatic rings. The Morgan fingerprint density at radius 3 is 2.47 bits per heavy atom. The fraction of sp³-hybridized carbons (Fsp3) is 0.778. The molecule has 0 aliphatic heterocycles. The fourth-order valence-electron chi connectivity index (χ4n) is 3.04. The lowest BCUT2D eigenvalue weighted by Gasteiger charge is -2.31. The summed E-state index contributed by atoms with van der Waals surface area (Å²) in [6.45, 7) is 14.6. The second kappa shape index (κ2) is 6.15. The van der Waals surface area contributed by atoms with E-state index in [2.05, 4.69) is 45.2 Å². The van der Waals surface area contributed by atoms with E-state index in [1.807, 2.05) is 0 Å². The summed E-state index contributed by atoms with van der Waals surface area (Å²) < 4.78 is 0. The summed E-state index contributed by atoms with van der Waals surface area (Å²) in [7, 11) is 0. The molecule has 0 aromatic carbocycles. The molecule has 0 aromatic rings. The van der Waals surface area contributed by atoms with Crippen LogP contribution in [0.25, 0.3) is 0 Å². The third kappa shape index (κ3) is 4.40. The monoisotopic (exact) mass is 261 g/mol. The van der Waals surface area contributed by atoms with Crippen LogP contribution in [-0.4, -0.2) is 17.5 Å². The molecule has 0 amide bonds. The van der Waals surface area contributed by atoms with Gasteiger partial charge in [-0.1, -0.05) is 18.2 Å². The van der Waals surface area contributed by atoms with E-state index in [-0.39, 0.29) is 0 Å². The molecule has 0 spiro atoms. The molecule has 2 rings (SSSR count). The highest BCUT2D eigenvalue weighted by molar-refractivity contribution is 5.09. The summed E-state index contributed by atoms with van der Waals surface area (Å²) in [5.74, 6) is 2.72. The van der Waals surface area contributed by atoms with Crippen LogP contribution in [0.3, 0.4) is 0 Å². The van der Waals surface area contributed by atoms with Crippen LogP contribution < -0.4 is 0 Å². The molecule has 0 heterocycles. The lowest BCUT2D eigenvalue weighted by molar-refractivity contribution is 0.255. The molecule has 0 saturated heterocycles. The molecule has 2 fully saturated rings. The van der Waals surface area contributed by atoms with E-state index >= 15 is 0 Å². The highest BCUT2D eigenvalue weighted by atomic mass is 15.2. The van der Waals surface area contributed by atoms with Crippen molar-refractivity contribution in [1.82, 2.24) is 4.90 Å². The van der Waals surface area contributed by atoms with Gasteiger partial charge >= 0.3 is 0 Å². The Morgan fingerprint density at radius 1 is 1.26 bits per heavy atom. The summed E-state index contributed by atoms with van der Waals surface area (Å²) in [6, 6.07) is 0.618. The Hall–Kier alpha value is -0.720. The van der Waals surface area contributed by atoms with Crippen LogP contribution in [0.1, 0.15) is 59.8 Å². The SMILES string of the molecule is C=C(C1CC1)N(CC1CC1CCC=C(C)C)C(C)C. The van der Waals surface area contributed by atoms with Crippen LogP contribution in [0.4, 0.5) is 0 Å². The quantitative estimate of drug-likeness (QED) is 0.556. The molecule has 2 aliphatic carbocycles. The van der Waals surface area contributed by atoms with Gasteiger partial charge in [0.25, 0.3) is 0 Å². The predicted octanol–water partition coefficient (Wildman–Crippen LogP) is 5.00. The largest absolute Gasteiger partial charge is 0.372 e. The third-order valence-electron chi connectivity index (χ3n) is 4.63. The van der Waals surface area contributed by atoms with Crippen LogP contribution in [0.15, 0.2) is 23.9 Å². The number of nitrogens with zero attached hydrogens (tertiary/aromatic N) is 1. The first-order valence-electron chi connectivity index (χ1n) is 8.07. The molecule has 1 nitrogen and oxygen atoms in total. The Kier molecular flexibility index (Phi) is 4.76. The zero-order valence-corrected chi connectivity index (χ0v) is 13.3. The lowest BCUT2D eigenvalue weighted by atomic mass is 10.1. The molecule has 2 saturated carbocycles. The van der Waals surface area contributed by atoms with Crippen LogP contribution in [-0.2, 0) is 0 Å². The molecule has 2 unspecified atom stereocenters. The van der Waals surface area contributed by atoms with Crippen molar-refractivity contribution in [3.63, 3.8) is 0 Å². The summed E-state index contributed by atoms with van der Waals surface area (Å²) in [6.07, 6.45) is 9.23. The average molecular weight is 261 g/mol. The molecule has 19 heavy (non-hydrogen) atoms. The second-order valence-corrected chi connectivity index (χ2v) is 7.13. The van der Waals surface area contributed by atoms with Gasteiger partial charge in [0, 0.05) is 18.3 Å². The second-order valence-electron chi connectivity index (χ2n) is 7.13. The molecule has 0 radical (unpaired) electrons. The number of hydrogen-bond donors (Lipinski definition) is 0. The Labute approximate surface area is 119 Å². The maximum atomic E-state index is 4.35. The lowest BCUT2D eigenvalue weighted by Crippen LogP contribution is -2.32. The van der Waals surface area contributed by atoms with E-state index in [4.69, 9.17) is 0 Å².